The second kappa shape index (κ2) is 19.3. The van der Waals surface area contributed by atoms with Crippen LogP contribution in [0.1, 0.15) is 0 Å². The van der Waals surface area contributed by atoms with Gasteiger partial charge in [-0.1, -0.05) is 121 Å². The SMILES string of the molecule is NC(=S)NP(c1ccccc1)c1ccccc1.NC(=S)NP(c1ccccc1)c1ccccc1.[Cl-].[Cl-].[Ni+2]. The minimum atomic E-state index is -0.707. The fourth-order valence-electron chi connectivity index (χ4n) is 3.08. The fourth-order valence-corrected chi connectivity index (χ4v) is 7.07. The number of nitrogens with one attached hydrogen (secondary N) is 2. The molecule has 0 spiro atoms. The Morgan fingerprint density at radius 2 is 0.649 bits per heavy atom. The van der Waals surface area contributed by atoms with Crippen LogP contribution in [0.25, 0.3) is 0 Å². The van der Waals surface area contributed by atoms with Crippen LogP contribution in [-0.2, 0) is 16.5 Å². The molecule has 4 aromatic carbocycles. The second-order valence-electron chi connectivity index (χ2n) is 6.97. The summed E-state index contributed by atoms with van der Waals surface area (Å²) in [5.41, 5.74) is 11.2. The van der Waals surface area contributed by atoms with Crippen molar-refractivity contribution in [1.82, 2.24) is 10.2 Å². The summed E-state index contributed by atoms with van der Waals surface area (Å²) in [5.74, 6) is 0. The van der Waals surface area contributed by atoms with E-state index in [-0.39, 0.29) is 41.3 Å². The molecular formula is C26H26Cl2N4NiP2S2. The summed E-state index contributed by atoms with van der Waals surface area (Å²) in [6.07, 6.45) is 0. The number of hydrogen-bond acceptors (Lipinski definition) is 2. The third kappa shape index (κ3) is 12.1. The van der Waals surface area contributed by atoms with E-state index in [4.69, 9.17) is 35.9 Å². The van der Waals surface area contributed by atoms with E-state index in [1.54, 1.807) is 0 Å². The zero-order valence-electron chi connectivity index (χ0n) is 19.5. The Labute approximate surface area is 254 Å². The Bertz CT molecular complexity index is 1010. The molecule has 0 aliphatic heterocycles. The number of rotatable bonds is 6. The van der Waals surface area contributed by atoms with Gasteiger partial charge >= 0.3 is 16.5 Å². The van der Waals surface area contributed by atoms with Crippen molar-refractivity contribution in [2.24, 2.45) is 11.5 Å². The molecule has 37 heavy (non-hydrogen) atoms. The van der Waals surface area contributed by atoms with Crippen LogP contribution in [0.15, 0.2) is 121 Å². The van der Waals surface area contributed by atoms with Crippen molar-refractivity contribution in [2.45, 2.75) is 0 Å². The van der Waals surface area contributed by atoms with Crippen molar-refractivity contribution in [2.75, 3.05) is 0 Å². The minimum absolute atomic E-state index is 0. The Kier molecular flexibility index (Phi) is 18.3. The quantitative estimate of drug-likeness (QED) is 0.107. The number of nitrogens with two attached hydrogens (primary N) is 2. The maximum atomic E-state index is 5.60. The summed E-state index contributed by atoms with van der Waals surface area (Å²) < 4.78 is 0. The van der Waals surface area contributed by atoms with Gasteiger partial charge in [0.15, 0.2) is 10.2 Å². The maximum Gasteiger partial charge on any atom is 2.00 e. The molecule has 0 radical (unpaired) electrons. The molecule has 0 saturated carbocycles. The number of halogens is 2. The Morgan fingerprint density at radius 3 is 0.811 bits per heavy atom. The number of benzene rings is 4. The molecule has 0 aliphatic rings. The predicted molar refractivity (Wildman–Crippen MR) is 158 cm³/mol. The summed E-state index contributed by atoms with van der Waals surface area (Å²) in [7, 11) is -1.41. The van der Waals surface area contributed by atoms with Gasteiger partial charge in [-0.2, -0.15) is 0 Å². The van der Waals surface area contributed by atoms with Crippen LogP contribution in [0.3, 0.4) is 0 Å². The van der Waals surface area contributed by atoms with Crippen LogP contribution in [0.5, 0.6) is 0 Å². The van der Waals surface area contributed by atoms with Crippen molar-refractivity contribution in [3.05, 3.63) is 121 Å². The van der Waals surface area contributed by atoms with E-state index in [0.717, 1.165) is 0 Å². The summed E-state index contributed by atoms with van der Waals surface area (Å²) in [4.78, 5) is 0. The van der Waals surface area contributed by atoms with Gasteiger partial charge in [-0.15, -0.1) is 0 Å². The number of thiocarbonyl (C=S) groups is 2. The molecule has 0 aliphatic carbocycles. The first-order valence-electron chi connectivity index (χ1n) is 10.5. The molecule has 4 nitrogen and oxygen atoms in total. The van der Waals surface area contributed by atoms with Gasteiger partial charge in [-0.3, -0.25) is 0 Å². The molecule has 0 fully saturated rings. The zero-order chi connectivity index (χ0) is 24.2. The molecule has 6 N–H and O–H groups in total. The fraction of sp³-hybridized carbons (Fsp3) is 0. The summed E-state index contributed by atoms with van der Waals surface area (Å²) in [6.45, 7) is 0. The molecule has 0 unspecified atom stereocenters. The van der Waals surface area contributed by atoms with E-state index >= 15 is 0 Å². The molecule has 0 atom stereocenters. The normalized spacial score (nSPS) is 9.35. The molecule has 0 saturated heterocycles. The molecule has 0 bridgehead atoms. The van der Waals surface area contributed by atoms with Crippen LogP contribution in [0.4, 0.5) is 0 Å². The minimum Gasteiger partial charge on any atom is -1.00 e. The summed E-state index contributed by atoms with van der Waals surface area (Å²) in [5, 5.41) is 11.9. The average molecular weight is 650 g/mol. The third-order valence-electron chi connectivity index (χ3n) is 4.50. The van der Waals surface area contributed by atoms with Crippen molar-refractivity contribution >= 4 is 72.0 Å². The van der Waals surface area contributed by atoms with Gasteiger partial charge in [0, 0.05) is 21.2 Å². The van der Waals surface area contributed by atoms with Crippen LogP contribution < -0.4 is 67.7 Å². The second-order valence-corrected chi connectivity index (χ2v) is 11.7. The Hall–Kier alpha value is -1.81. The third-order valence-corrected chi connectivity index (χ3v) is 9.20. The Balaban J connectivity index is 0.000000648. The van der Waals surface area contributed by atoms with Crippen LogP contribution >= 0.6 is 40.6 Å². The van der Waals surface area contributed by atoms with Crippen molar-refractivity contribution in [3.63, 3.8) is 0 Å². The molecule has 0 aromatic heterocycles. The Morgan fingerprint density at radius 1 is 0.459 bits per heavy atom. The van der Waals surface area contributed by atoms with Crippen molar-refractivity contribution in [3.8, 4) is 0 Å². The molecule has 196 valence electrons. The molecule has 4 aromatic rings. The predicted octanol–water partition coefficient (Wildman–Crippen LogP) is -2.26. The van der Waals surface area contributed by atoms with Gasteiger partial charge in [0.25, 0.3) is 0 Å². The molecular weight excluding hydrogens is 624 g/mol. The number of hydrogen-bond donors (Lipinski definition) is 4. The first-order chi connectivity index (χ1) is 16.5. The van der Waals surface area contributed by atoms with Crippen LogP contribution in [0, 0.1) is 0 Å². The largest absolute Gasteiger partial charge is 2.00 e. The van der Waals surface area contributed by atoms with Crippen LogP contribution in [0.2, 0.25) is 0 Å². The monoisotopic (exact) mass is 648 g/mol. The van der Waals surface area contributed by atoms with Gasteiger partial charge in [0.1, 0.15) is 0 Å². The van der Waals surface area contributed by atoms with Gasteiger partial charge < -0.3 is 46.5 Å². The molecule has 11 heteroatoms. The van der Waals surface area contributed by atoms with E-state index in [1.165, 1.54) is 21.2 Å². The van der Waals surface area contributed by atoms with Gasteiger partial charge in [-0.05, 0) is 24.4 Å². The maximum absolute atomic E-state index is 5.60. The van der Waals surface area contributed by atoms with E-state index in [0.29, 0.717) is 10.2 Å². The van der Waals surface area contributed by atoms with Gasteiger partial charge in [0.05, 0.1) is 16.1 Å². The van der Waals surface area contributed by atoms with E-state index in [2.05, 4.69) is 58.7 Å². The van der Waals surface area contributed by atoms with E-state index < -0.39 is 16.1 Å². The first kappa shape index (κ1) is 35.2. The summed E-state index contributed by atoms with van der Waals surface area (Å²) >= 11 is 9.91. The van der Waals surface area contributed by atoms with Gasteiger partial charge in [-0.25, -0.2) is 0 Å². The topological polar surface area (TPSA) is 76.1 Å². The standard InChI is InChI=1S/2C13H13N2PS.2ClH.Ni/c2*14-13(17)15-16(11-7-3-1-4-8-11)12-9-5-2-6-10-12;;;/h2*1-10H,(H3,14,15,17);2*1H;/q;;;;+2/p-2. The average Bonchev–Trinajstić information content (AvgIpc) is 2.88. The smallest absolute Gasteiger partial charge is 1.00 e. The molecule has 4 rings (SSSR count). The molecule has 0 heterocycles. The zero-order valence-corrected chi connectivity index (χ0v) is 25.4. The molecule has 0 amide bonds. The van der Waals surface area contributed by atoms with E-state index in [9.17, 15) is 0 Å². The van der Waals surface area contributed by atoms with Crippen LogP contribution in [-0.4, -0.2) is 10.2 Å². The van der Waals surface area contributed by atoms with Crippen molar-refractivity contribution in [1.29, 1.82) is 0 Å². The van der Waals surface area contributed by atoms with Gasteiger partial charge in [0.2, 0.25) is 0 Å². The van der Waals surface area contributed by atoms with Crippen molar-refractivity contribution < 1.29 is 41.3 Å². The van der Waals surface area contributed by atoms with E-state index in [1.807, 2.05) is 72.8 Å². The summed E-state index contributed by atoms with van der Waals surface area (Å²) in [6, 6.07) is 40.9. The first-order valence-corrected chi connectivity index (χ1v) is 14.0.